The summed E-state index contributed by atoms with van der Waals surface area (Å²) in [5, 5.41) is 5.54. The molecular formula is C18H38N. The van der Waals surface area contributed by atoms with E-state index in [0.717, 1.165) is 0 Å². The Morgan fingerprint density at radius 3 is 0.947 bits per heavy atom. The van der Waals surface area contributed by atoms with Gasteiger partial charge in [-0.15, -0.1) is 0 Å². The van der Waals surface area contributed by atoms with E-state index in [2.05, 4.69) is 41.5 Å². The number of hydrogen-bond acceptors (Lipinski definition) is 0. The zero-order valence-electron chi connectivity index (χ0n) is 14.5. The lowest BCUT2D eigenvalue weighted by atomic mass is 9.78. The van der Waals surface area contributed by atoms with Crippen LogP contribution < -0.4 is 5.32 Å². The van der Waals surface area contributed by atoms with Gasteiger partial charge in [0.2, 0.25) is 0 Å². The summed E-state index contributed by atoms with van der Waals surface area (Å²) in [6, 6.07) is 0. The van der Waals surface area contributed by atoms with Gasteiger partial charge in [0.05, 0.1) is 0 Å². The Balaban J connectivity index is 5.08. The predicted octanol–water partition coefficient (Wildman–Crippen LogP) is 6.09. The maximum atomic E-state index is 5.54. The van der Waals surface area contributed by atoms with E-state index in [4.69, 9.17) is 5.32 Å². The molecule has 0 bridgehead atoms. The van der Waals surface area contributed by atoms with Crippen LogP contribution >= 0.6 is 0 Å². The van der Waals surface area contributed by atoms with Crippen LogP contribution in [0.5, 0.6) is 0 Å². The Morgan fingerprint density at radius 1 is 0.526 bits per heavy atom. The molecule has 0 N–H and O–H groups in total. The van der Waals surface area contributed by atoms with Gasteiger partial charge < -0.3 is 0 Å². The normalized spacial score (nSPS) is 12.9. The van der Waals surface area contributed by atoms with Crippen LogP contribution in [0.1, 0.15) is 106 Å². The second-order valence-corrected chi connectivity index (χ2v) is 6.27. The SMILES string of the molecule is CCCC(CC)(CCC)[N]C(CC)(CCC)CCC. The van der Waals surface area contributed by atoms with E-state index in [9.17, 15) is 0 Å². The highest BCUT2D eigenvalue weighted by Crippen LogP contribution is 2.34. The first kappa shape index (κ1) is 19.0. The molecule has 1 nitrogen and oxygen atoms in total. The maximum absolute atomic E-state index is 5.54. The molecule has 0 aliphatic rings. The zero-order chi connectivity index (χ0) is 14.8. The summed E-state index contributed by atoms with van der Waals surface area (Å²) in [6.45, 7) is 13.9. The van der Waals surface area contributed by atoms with Gasteiger partial charge in [-0.2, -0.15) is 0 Å². The van der Waals surface area contributed by atoms with Gasteiger partial charge in [-0.1, -0.05) is 67.2 Å². The molecule has 0 atom stereocenters. The van der Waals surface area contributed by atoms with E-state index in [1.165, 1.54) is 64.2 Å². The van der Waals surface area contributed by atoms with Crippen LogP contribution in [0.4, 0.5) is 0 Å². The van der Waals surface area contributed by atoms with Crippen molar-refractivity contribution < 1.29 is 0 Å². The van der Waals surface area contributed by atoms with Gasteiger partial charge in [0.1, 0.15) is 0 Å². The summed E-state index contributed by atoms with van der Waals surface area (Å²) >= 11 is 0. The topological polar surface area (TPSA) is 14.1 Å². The highest BCUT2D eigenvalue weighted by molar-refractivity contribution is 4.96. The fraction of sp³-hybridized carbons (Fsp3) is 1.00. The average Bonchev–Trinajstić information content (AvgIpc) is 2.39. The van der Waals surface area contributed by atoms with Gasteiger partial charge in [-0.05, 0) is 38.5 Å². The maximum Gasteiger partial charge on any atom is 0.0360 e. The zero-order valence-corrected chi connectivity index (χ0v) is 14.5. The first-order valence-electron chi connectivity index (χ1n) is 8.81. The average molecular weight is 269 g/mol. The lowest BCUT2D eigenvalue weighted by Crippen LogP contribution is -2.52. The van der Waals surface area contributed by atoms with E-state index >= 15 is 0 Å². The van der Waals surface area contributed by atoms with Crippen molar-refractivity contribution in [2.45, 2.75) is 117 Å². The van der Waals surface area contributed by atoms with Crippen LogP contribution in [0.2, 0.25) is 0 Å². The minimum atomic E-state index is 0.254. The number of nitrogens with zero attached hydrogens (tertiary/aromatic N) is 1. The van der Waals surface area contributed by atoms with Gasteiger partial charge in [0.25, 0.3) is 0 Å². The summed E-state index contributed by atoms with van der Waals surface area (Å²) in [5.41, 5.74) is 0.508. The van der Waals surface area contributed by atoms with Crippen molar-refractivity contribution in [1.82, 2.24) is 5.32 Å². The molecule has 0 aliphatic carbocycles. The molecule has 0 unspecified atom stereocenters. The molecule has 0 aromatic rings. The van der Waals surface area contributed by atoms with Gasteiger partial charge in [0.15, 0.2) is 0 Å². The van der Waals surface area contributed by atoms with Crippen LogP contribution in [-0.4, -0.2) is 11.1 Å². The summed E-state index contributed by atoms with van der Waals surface area (Å²) < 4.78 is 0. The van der Waals surface area contributed by atoms with Gasteiger partial charge in [0, 0.05) is 11.1 Å². The molecule has 0 fully saturated rings. The van der Waals surface area contributed by atoms with Crippen molar-refractivity contribution >= 4 is 0 Å². The molecule has 19 heavy (non-hydrogen) atoms. The Labute approximate surface area is 122 Å². The van der Waals surface area contributed by atoms with E-state index in [0.29, 0.717) is 0 Å². The lowest BCUT2D eigenvalue weighted by molar-refractivity contribution is 0.138. The second-order valence-electron chi connectivity index (χ2n) is 6.27. The van der Waals surface area contributed by atoms with Crippen molar-refractivity contribution in [3.63, 3.8) is 0 Å². The monoisotopic (exact) mass is 268 g/mol. The Hall–Kier alpha value is -0.0400. The van der Waals surface area contributed by atoms with Gasteiger partial charge >= 0.3 is 0 Å². The van der Waals surface area contributed by atoms with Gasteiger partial charge in [-0.3, -0.25) is 0 Å². The molecule has 0 saturated carbocycles. The summed E-state index contributed by atoms with van der Waals surface area (Å²) in [5.74, 6) is 0. The lowest BCUT2D eigenvalue weighted by Gasteiger charge is -2.43. The number of rotatable bonds is 12. The molecule has 0 rings (SSSR count). The largest absolute Gasteiger partial charge is 0.229 e. The van der Waals surface area contributed by atoms with Crippen LogP contribution in [0, 0.1) is 0 Å². The van der Waals surface area contributed by atoms with Crippen molar-refractivity contribution in [3.05, 3.63) is 0 Å². The standard InChI is InChI=1S/C18H38N/c1-7-13-17(11-5,14-8-2)19-18(12-6,15-9-3)16-10-4/h7-16H2,1-6H3. The molecular weight excluding hydrogens is 230 g/mol. The van der Waals surface area contributed by atoms with Crippen LogP contribution in [-0.2, 0) is 0 Å². The summed E-state index contributed by atoms with van der Waals surface area (Å²) in [4.78, 5) is 0. The molecule has 0 aromatic carbocycles. The van der Waals surface area contributed by atoms with Crippen LogP contribution in [0.15, 0.2) is 0 Å². The molecule has 0 saturated heterocycles. The third-order valence-electron chi connectivity index (χ3n) is 4.65. The van der Waals surface area contributed by atoms with E-state index in [1.54, 1.807) is 0 Å². The van der Waals surface area contributed by atoms with Crippen LogP contribution in [0.25, 0.3) is 0 Å². The molecule has 0 amide bonds. The first-order valence-corrected chi connectivity index (χ1v) is 8.81. The highest BCUT2D eigenvalue weighted by Gasteiger charge is 2.37. The van der Waals surface area contributed by atoms with E-state index in [1.807, 2.05) is 0 Å². The molecule has 115 valence electrons. The van der Waals surface area contributed by atoms with Gasteiger partial charge in [-0.25, -0.2) is 5.32 Å². The van der Waals surface area contributed by atoms with E-state index < -0.39 is 0 Å². The highest BCUT2D eigenvalue weighted by atomic mass is 15.1. The second kappa shape index (κ2) is 9.80. The van der Waals surface area contributed by atoms with Crippen molar-refractivity contribution in [2.75, 3.05) is 0 Å². The quantitative estimate of drug-likeness (QED) is 0.407. The molecule has 1 heteroatoms. The molecule has 0 spiro atoms. The fourth-order valence-electron chi connectivity index (χ4n) is 3.70. The van der Waals surface area contributed by atoms with Crippen molar-refractivity contribution in [2.24, 2.45) is 0 Å². The smallest absolute Gasteiger partial charge is 0.0360 e. The summed E-state index contributed by atoms with van der Waals surface area (Å²) in [7, 11) is 0. The minimum absolute atomic E-state index is 0.254. The van der Waals surface area contributed by atoms with Crippen molar-refractivity contribution in [1.29, 1.82) is 0 Å². The Bertz CT molecular complexity index is 176. The van der Waals surface area contributed by atoms with Crippen molar-refractivity contribution in [3.8, 4) is 0 Å². The Kier molecular flexibility index (Phi) is 9.78. The molecule has 0 aromatic heterocycles. The number of hydrogen-bond donors (Lipinski definition) is 0. The molecule has 1 radical (unpaired) electrons. The Morgan fingerprint density at radius 2 is 0.789 bits per heavy atom. The molecule has 0 heterocycles. The minimum Gasteiger partial charge on any atom is -0.229 e. The van der Waals surface area contributed by atoms with Crippen LogP contribution in [0.3, 0.4) is 0 Å². The predicted molar refractivity (Wildman–Crippen MR) is 87.8 cm³/mol. The molecule has 0 aliphatic heterocycles. The van der Waals surface area contributed by atoms with E-state index in [-0.39, 0.29) is 11.1 Å². The fourth-order valence-corrected chi connectivity index (χ4v) is 3.70. The third-order valence-corrected chi connectivity index (χ3v) is 4.65. The summed E-state index contributed by atoms with van der Waals surface area (Å²) in [6.07, 6.45) is 12.5. The third kappa shape index (κ3) is 5.85. The first-order chi connectivity index (χ1) is 9.07.